The summed E-state index contributed by atoms with van der Waals surface area (Å²) >= 11 is 1.57. The Hall–Kier alpha value is -2.27. The lowest BCUT2D eigenvalue weighted by molar-refractivity contribution is -0.129. The van der Waals surface area contributed by atoms with Crippen molar-refractivity contribution in [3.8, 4) is 0 Å². The summed E-state index contributed by atoms with van der Waals surface area (Å²) < 4.78 is 18.0. The summed E-state index contributed by atoms with van der Waals surface area (Å²) in [6.07, 6.45) is 1.69. The van der Waals surface area contributed by atoms with Gasteiger partial charge in [0.05, 0.1) is 0 Å². The molecular formula is C15H10FNO2S. The fourth-order valence-electron chi connectivity index (χ4n) is 1.79. The lowest BCUT2D eigenvalue weighted by Gasteiger charge is -1.98. The zero-order valence-electron chi connectivity index (χ0n) is 10.6. The molecule has 0 N–H and O–H groups in total. The van der Waals surface area contributed by atoms with E-state index in [0.717, 1.165) is 9.75 Å². The summed E-state index contributed by atoms with van der Waals surface area (Å²) in [6.45, 7) is 1.99. The Morgan fingerprint density at radius 3 is 2.60 bits per heavy atom. The Morgan fingerprint density at radius 2 is 1.95 bits per heavy atom. The zero-order chi connectivity index (χ0) is 14.1. The predicted octanol–water partition coefficient (Wildman–Crippen LogP) is 3.54. The SMILES string of the molecule is Cc1ccc(/C=C2\N=C(c3ccc(F)cc3)OC2=O)s1. The average molecular weight is 287 g/mol. The van der Waals surface area contributed by atoms with Crippen LogP contribution in [0.25, 0.3) is 6.08 Å². The van der Waals surface area contributed by atoms with Gasteiger partial charge in [0, 0.05) is 15.3 Å². The quantitative estimate of drug-likeness (QED) is 0.626. The number of cyclic esters (lactones) is 1. The third-order valence-corrected chi connectivity index (χ3v) is 3.70. The minimum absolute atomic E-state index is 0.203. The van der Waals surface area contributed by atoms with Gasteiger partial charge in [-0.25, -0.2) is 14.2 Å². The molecule has 0 saturated heterocycles. The lowest BCUT2D eigenvalue weighted by Crippen LogP contribution is -2.05. The maximum atomic E-state index is 12.9. The number of rotatable bonds is 2. The molecular weight excluding hydrogens is 277 g/mol. The minimum atomic E-state index is -0.490. The van der Waals surface area contributed by atoms with Crippen molar-refractivity contribution in [1.29, 1.82) is 0 Å². The van der Waals surface area contributed by atoms with Gasteiger partial charge in [0.1, 0.15) is 5.82 Å². The smallest absolute Gasteiger partial charge is 0.363 e. The molecule has 1 aliphatic heterocycles. The standard InChI is InChI=1S/C15H10FNO2S/c1-9-2-7-12(20-9)8-13-15(18)19-14(17-13)10-3-5-11(16)6-4-10/h2-8H,1H3/b13-8-. The number of hydrogen-bond donors (Lipinski definition) is 0. The van der Waals surface area contributed by atoms with Gasteiger partial charge in [-0.3, -0.25) is 0 Å². The van der Waals surface area contributed by atoms with Crippen molar-refractivity contribution in [3.05, 3.63) is 63.2 Å². The van der Waals surface area contributed by atoms with Gasteiger partial charge >= 0.3 is 5.97 Å². The molecule has 5 heteroatoms. The molecule has 100 valence electrons. The van der Waals surface area contributed by atoms with Crippen molar-refractivity contribution in [1.82, 2.24) is 0 Å². The lowest BCUT2D eigenvalue weighted by atomic mass is 10.2. The van der Waals surface area contributed by atoms with Crippen molar-refractivity contribution < 1.29 is 13.9 Å². The van der Waals surface area contributed by atoms with Crippen LogP contribution in [-0.4, -0.2) is 11.9 Å². The first kappa shape index (κ1) is 12.7. The predicted molar refractivity (Wildman–Crippen MR) is 76.1 cm³/mol. The average Bonchev–Trinajstić information content (AvgIpc) is 2.98. The Kier molecular flexibility index (Phi) is 3.20. The Labute approximate surface area is 119 Å². The second-order valence-corrected chi connectivity index (χ2v) is 5.61. The second-order valence-electron chi connectivity index (χ2n) is 4.29. The molecule has 0 fully saturated rings. The van der Waals surface area contributed by atoms with E-state index in [1.54, 1.807) is 17.4 Å². The Bertz CT molecular complexity index is 729. The number of ether oxygens (including phenoxy) is 1. The normalized spacial score (nSPS) is 16.4. The van der Waals surface area contributed by atoms with Gasteiger partial charge in [-0.1, -0.05) is 0 Å². The van der Waals surface area contributed by atoms with Crippen molar-refractivity contribution in [2.45, 2.75) is 6.92 Å². The number of aliphatic imine (C=N–C) groups is 1. The fourth-order valence-corrected chi connectivity index (χ4v) is 2.61. The molecule has 1 aromatic heterocycles. The summed E-state index contributed by atoms with van der Waals surface area (Å²) in [6, 6.07) is 9.55. The highest BCUT2D eigenvalue weighted by atomic mass is 32.1. The highest BCUT2D eigenvalue weighted by Gasteiger charge is 2.24. The van der Waals surface area contributed by atoms with Crippen LogP contribution in [0, 0.1) is 12.7 Å². The number of aryl methyl sites for hydroxylation is 1. The topological polar surface area (TPSA) is 38.7 Å². The molecule has 1 aromatic carbocycles. The molecule has 0 amide bonds. The summed E-state index contributed by atoms with van der Waals surface area (Å²) in [4.78, 5) is 18.0. The molecule has 1 aliphatic rings. The Morgan fingerprint density at radius 1 is 1.20 bits per heavy atom. The van der Waals surface area contributed by atoms with E-state index < -0.39 is 5.97 Å². The number of carbonyl (C=O) groups is 1. The highest BCUT2D eigenvalue weighted by molar-refractivity contribution is 7.12. The van der Waals surface area contributed by atoms with Crippen LogP contribution in [0.5, 0.6) is 0 Å². The van der Waals surface area contributed by atoms with Gasteiger partial charge in [0.15, 0.2) is 5.70 Å². The van der Waals surface area contributed by atoms with Crippen LogP contribution in [0.4, 0.5) is 4.39 Å². The van der Waals surface area contributed by atoms with E-state index >= 15 is 0 Å². The molecule has 0 saturated carbocycles. The van der Waals surface area contributed by atoms with E-state index in [2.05, 4.69) is 4.99 Å². The monoisotopic (exact) mass is 287 g/mol. The van der Waals surface area contributed by atoms with E-state index in [4.69, 9.17) is 4.74 Å². The third kappa shape index (κ3) is 2.53. The molecule has 3 rings (SSSR count). The summed E-state index contributed by atoms with van der Waals surface area (Å²) in [7, 11) is 0. The van der Waals surface area contributed by atoms with E-state index in [-0.39, 0.29) is 17.4 Å². The molecule has 0 aliphatic carbocycles. The van der Waals surface area contributed by atoms with Crippen LogP contribution in [0.15, 0.2) is 47.1 Å². The number of thiophene rings is 1. The first-order valence-electron chi connectivity index (χ1n) is 5.97. The largest absolute Gasteiger partial charge is 0.402 e. The first-order chi connectivity index (χ1) is 9.61. The maximum Gasteiger partial charge on any atom is 0.363 e. The van der Waals surface area contributed by atoms with Gasteiger partial charge in [-0.2, -0.15) is 0 Å². The summed E-state index contributed by atoms with van der Waals surface area (Å²) in [5.74, 6) is -0.631. The number of nitrogens with zero attached hydrogens (tertiary/aromatic N) is 1. The molecule has 20 heavy (non-hydrogen) atoms. The first-order valence-corrected chi connectivity index (χ1v) is 6.78. The van der Waals surface area contributed by atoms with Crippen molar-refractivity contribution in [2.24, 2.45) is 4.99 Å². The van der Waals surface area contributed by atoms with E-state index in [1.807, 2.05) is 19.1 Å². The number of carbonyl (C=O) groups excluding carboxylic acids is 1. The summed E-state index contributed by atoms with van der Waals surface area (Å²) in [5.41, 5.74) is 0.830. The zero-order valence-corrected chi connectivity index (χ0v) is 11.4. The van der Waals surface area contributed by atoms with Gasteiger partial charge in [-0.15, -0.1) is 11.3 Å². The Balaban J connectivity index is 1.92. The van der Waals surface area contributed by atoms with Crippen LogP contribution >= 0.6 is 11.3 Å². The molecule has 0 radical (unpaired) electrons. The van der Waals surface area contributed by atoms with E-state index in [1.165, 1.54) is 24.3 Å². The van der Waals surface area contributed by atoms with Gasteiger partial charge in [0.2, 0.25) is 5.90 Å². The van der Waals surface area contributed by atoms with Crippen LogP contribution in [-0.2, 0) is 9.53 Å². The van der Waals surface area contributed by atoms with E-state index in [9.17, 15) is 9.18 Å². The van der Waals surface area contributed by atoms with Gasteiger partial charge in [0.25, 0.3) is 0 Å². The maximum absolute atomic E-state index is 12.9. The highest BCUT2D eigenvalue weighted by Crippen LogP contribution is 2.23. The van der Waals surface area contributed by atoms with E-state index in [0.29, 0.717) is 5.56 Å². The molecule has 0 atom stereocenters. The molecule has 2 aromatic rings. The molecule has 3 nitrogen and oxygen atoms in total. The minimum Gasteiger partial charge on any atom is -0.402 e. The van der Waals surface area contributed by atoms with Crippen molar-refractivity contribution in [2.75, 3.05) is 0 Å². The number of esters is 1. The fraction of sp³-hybridized carbons (Fsp3) is 0.0667. The third-order valence-electron chi connectivity index (χ3n) is 2.75. The summed E-state index contributed by atoms with van der Waals surface area (Å²) in [5, 5.41) is 0. The molecule has 2 heterocycles. The second kappa shape index (κ2) is 5.02. The van der Waals surface area contributed by atoms with Crippen LogP contribution < -0.4 is 0 Å². The number of hydrogen-bond acceptors (Lipinski definition) is 4. The molecule has 0 spiro atoms. The van der Waals surface area contributed by atoms with Crippen molar-refractivity contribution in [3.63, 3.8) is 0 Å². The van der Waals surface area contributed by atoms with Gasteiger partial charge in [-0.05, 0) is 49.4 Å². The number of benzene rings is 1. The number of halogens is 1. The van der Waals surface area contributed by atoms with Crippen LogP contribution in [0.3, 0.4) is 0 Å². The van der Waals surface area contributed by atoms with Gasteiger partial charge < -0.3 is 4.74 Å². The van der Waals surface area contributed by atoms with Crippen molar-refractivity contribution >= 4 is 29.3 Å². The van der Waals surface area contributed by atoms with Crippen LogP contribution in [0.2, 0.25) is 0 Å². The van der Waals surface area contributed by atoms with Crippen LogP contribution in [0.1, 0.15) is 15.3 Å². The molecule has 0 bridgehead atoms. The molecule has 0 unspecified atom stereocenters.